The van der Waals surface area contributed by atoms with Gasteiger partial charge in [-0.05, 0) is 44.0 Å². The van der Waals surface area contributed by atoms with Crippen molar-refractivity contribution >= 4 is 11.3 Å². The number of thiophene rings is 1. The molecular formula is C17H27N3S. The molecule has 1 atom stereocenters. The third-order valence-electron chi connectivity index (χ3n) is 3.82. The first kappa shape index (κ1) is 16.2. The normalized spacial score (nSPS) is 12.8. The van der Waals surface area contributed by atoms with E-state index < -0.39 is 0 Å². The first-order valence-corrected chi connectivity index (χ1v) is 8.83. The zero-order chi connectivity index (χ0) is 15.2. The molecule has 2 aromatic heterocycles. The van der Waals surface area contributed by atoms with Crippen LogP contribution < -0.4 is 5.32 Å². The van der Waals surface area contributed by atoms with E-state index in [0.717, 1.165) is 32.2 Å². The number of rotatable bonds is 8. The summed E-state index contributed by atoms with van der Waals surface area (Å²) in [4.78, 5) is 2.91. The third kappa shape index (κ3) is 4.17. The Morgan fingerprint density at radius 3 is 2.62 bits per heavy atom. The van der Waals surface area contributed by atoms with Gasteiger partial charge < -0.3 is 5.32 Å². The maximum Gasteiger partial charge on any atom is 0.0624 e. The Morgan fingerprint density at radius 1 is 1.24 bits per heavy atom. The molecule has 2 rings (SSSR count). The summed E-state index contributed by atoms with van der Waals surface area (Å²) < 4.78 is 2.04. The summed E-state index contributed by atoms with van der Waals surface area (Å²) in [5.41, 5.74) is 2.49. The van der Waals surface area contributed by atoms with Gasteiger partial charge in [0.2, 0.25) is 0 Å². The van der Waals surface area contributed by atoms with Crippen LogP contribution in [0.4, 0.5) is 0 Å². The molecule has 2 heterocycles. The Labute approximate surface area is 132 Å². The smallest absolute Gasteiger partial charge is 0.0624 e. The van der Waals surface area contributed by atoms with Gasteiger partial charge in [-0.25, -0.2) is 0 Å². The molecule has 0 fully saturated rings. The van der Waals surface area contributed by atoms with Crippen LogP contribution in [-0.2, 0) is 26.3 Å². The number of hydrogen-bond acceptors (Lipinski definition) is 3. The first-order chi connectivity index (χ1) is 10.2. The van der Waals surface area contributed by atoms with Gasteiger partial charge in [0, 0.05) is 35.0 Å². The van der Waals surface area contributed by atoms with Crippen LogP contribution in [0.2, 0.25) is 0 Å². The minimum atomic E-state index is 0.398. The van der Waals surface area contributed by atoms with Crippen molar-refractivity contribution in [1.82, 2.24) is 15.1 Å². The fourth-order valence-electron chi connectivity index (χ4n) is 2.51. The predicted molar refractivity (Wildman–Crippen MR) is 91.0 cm³/mol. The Hall–Kier alpha value is -1.13. The van der Waals surface area contributed by atoms with E-state index >= 15 is 0 Å². The molecule has 3 nitrogen and oxygen atoms in total. The minimum Gasteiger partial charge on any atom is -0.309 e. The molecule has 0 aliphatic heterocycles. The van der Waals surface area contributed by atoms with E-state index in [-0.39, 0.29) is 0 Å². The lowest BCUT2D eigenvalue weighted by molar-refractivity contribution is 0.518. The second-order valence-electron chi connectivity index (χ2n) is 5.47. The summed E-state index contributed by atoms with van der Waals surface area (Å²) in [6.45, 7) is 7.65. The van der Waals surface area contributed by atoms with Crippen LogP contribution in [0.25, 0.3) is 0 Å². The van der Waals surface area contributed by atoms with Crippen LogP contribution in [0.1, 0.15) is 54.4 Å². The predicted octanol–water partition coefficient (Wildman–Crippen LogP) is 3.89. The maximum atomic E-state index is 4.57. The molecule has 0 amide bonds. The van der Waals surface area contributed by atoms with Crippen LogP contribution >= 0.6 is 11.3 Å². The van der Waals surface area contributed by atoms with Crippen molar-refractivity contribution < 1.29 is 0 Å². The van der Waals surface area contributed by atoms with Gasteiger partial charge in [-0.2, -0.15) is 5.10 Å². The quantitative estimate of drug-likeness (QED) is 0.802. The molecule has 21 heavy (non-hydrogen) atoms. The van der Waals surface area contributed by atoms with Crippen molar-refractivity contribution in [2.75, 3.05) is 6.54 Å². The summed E-state index contributed by atoms with van der Waals surface area (Å²) in [6, 6.07) is 7.19. The molecule has 0 aliphatic carbocycles. The molecule has 0 saturated carbocycles. The molecule has 0 aliphatic rings. The summed E-state index contributed by atoms with van der Waals surface area (Å²) >= 11 is 1.94. The van der Waals surface area contributed by atoms with Crippen LogP contribution in [0.3, 0.4) is 0 Å². The molecule has 2 aromatic rings. The zero-order valence-corrected chi connectivity index (χ0v) is 14.5. The van der Waals surface area contributed by atoms with E-state index in [2.05, 4.69) is 56.4 Å². The Balaban J connectivity index is 2.16. The van der Waals surface area contributed by atoms with E-state index in [4.69, 9.17) is 0 Å². The van der Waals surface area contributed by atoms with Gasteiger partial charge in [-0.3, -0.25) is 4.68 Å². The molecule has 1 unspecified atom stereocenters. The van der Waals surface area contributed by atoms with Crippen LogP contribution in [0, 0.1) is 0 Å². The zero-order valence-electron chi connectivity index (χ0n) is 13.6. The first-order valence-electron chi connectivity index (χ1n) is 8.01. The van der Waals surface area contributed by atoms with Gasteiger partial charge >= 0.3 is 0 Å². The molecule has 116 valence electrons. The van der Waals surface area contributed by atoms with E-state index in [1.165, 1.54) is 21.1 Å². The van der Waals surface area contributed by atoms with Crippen molar-refractivity contribution in [3.63, 3.8) is 0 Å². The summed E-state index contributed by atoms with van der Waals surface area (Å²) in [5, 5.41) is 8.27. The average molecular weight is 305 g/mol. The largest absolute Gasteiger partial charge is 0.309 e. The van der Waals surface area contributed by atoms with Gasteiger partial charge in [-0.15, -0.1) is 11.3 Å². The highest BCUT2D eigenvalue weighted by Gasteiger charge is 2.16. The molecule has 4 heteroatoms. The number of aromatic nitrogens is 2. The highest BCUT2D eigenvalue weighted by molar-refractivity contribution is 7.12. The number of hydrogen-bond donors (Lipinski definition) is 1. The molecule has 0 bridgehead atoms. The SMILES string of the molecule is CCCNC(Cc1cc(CC)nn1C)c1ccc(CC)s1. The van der Waals surface area contributed by atoms with Gasteiger partial charge in [-0.1, -0.05) is 20.8 Å². The standard InChI is InChI=1S/C17H27N3S/c1-5-10-18-16(17-9-8-15(7-3)21-17)12-14-11-13(6-2)19-20(14)4/h8-9,11,16,18H,5-7,10,12H2,1-4H3. The van der Waals surface area contributed by atoms with E-state index in [1.54, 1.807) is 0 Å². The molecular weight excluding hydrogens is 278 g/mol. The van der Waals surface area contributed by atoms with Crippen LogP contribution in [-0.4, -0.2) is 16.3 Å². The molecule has 0 saturated heterocycles. The van der Waals surface area contributed by atoms with E-state index in [9.17, 15) is 0 Å². The molecule has 0 radical (unpaired) electrons. The highest BCUT2D eigenvalue weighted by atomic mass is 32.1. The average Bonchev–Trinajstić information content (AvgIpc) is 3.10. The highest BCUT2D eigenvalue weighted by Crippen LogP contribution is 2.26. The minimum absolute atomic E-state index is 0.398. The van der Waals surface area contributed by atoms with E-state index in [0.29, 0.717) is 6.04 Å². The lowest BCUT2D eigenvalue weighted by atomic mass is 10.1. The van der Waals surface area contributed by atoms with Crippen LogP contribution in [0.5, 0.6) is 0 Å². The lowest BCUT2D eigenvalue weighted by Gasteiger charge is -2.17. The van der Waals surface area contributed by atoms with Crippen molar-refractivity contribution in [2.24, 2.45) is 7.05 Å². The van der Waals surface area contributed by atoms with Crippen molar-refractivity contribution in [3.05, 3.63) is 39.3 Å². The number of nitrogens with zero attached hydrogens (tertiary/aromatic N) is 2. The second kappa shape index (κ2) is 7.76. The maximum absolute atomic E-state index is 4.57. The van der Waals surface area contributed by atoms with Crippen molar-refractivity contribution in [1.29, 1.82) is 0 Å². The summed E-state index contributed by atoms with van der Waals surface area (Å²) in [6.07, 6.45) is 4.29. The monoisotopic (exact) mass is 305 g/mol. The summed E-state index contributed by atoms with van der Waals surface area (Å²) in [7, 11) is 2.05. The molecule has 0 aromatic carbocycles. The topological polar surface area (TPSA) is 29.9 Å². The van der Waals surface area contributed by atoms with Gasteiger partial charge in [0.05, 0.1) is 5.69 Å². The molecule has 1 N–H and O–H groups in total. The number of aryl methyl sites for hydroxylation is 3. The van der Waals surface area contributed by atoms with Gasteiger partial charge in [0.15, 0.2) is 0 Å². The second-order valence-corrected chi connectivity index (χ2v) is 6.67. The van der Waals surface area contributed by atoms with Crippen molar-refractivity contribution in [3.8, 4) is 0 Å². The molecule has 0 spiro atoms. The van der Waals surface area contributed by atoms with Gasteiger partial charge in [0.1, 0.15) is 0 Å². The van der Waals surface area contributed by atoms with Crippen LogP contribution in [0.15, 0.2) is 18.2 Å². The fraction of sp³-hybridized carbons (Fsp3) is 0.588. The number of nitrogens with one attached hydrogen (secondary N) is 1. The Morgan fingerprint density at radius 2 is 2.05 bits per heavy atom. The van der Waals surface area contributed by atoms with Gasteiger partial charge in [0.25, 0.3) is 0 Å². The Kier molecular flexibility index (Phi) is 6.00. The third-order valence-corrected chi connectivity index (χ3v) is 5.16. The lowest BCUT2D eigenvalue weighted by Crippen LogP contribution is -2.24. The Bertz CT molecular complexity index is 556. The van der Waals surface area contributed by atoms with E-state index in [1.807, 2.05) is 16.0 Å². The fourth-order valence-corrected chi connectivity index (χ4v) is 3.54. The van der Waals surface area contributed by atoms with Crippen molar-refractivity contribution in [2.45, 2.75) is 52.5 Å². The summed E-state index contributed by atoms with van der Waals surface area (Å²) in [5.74, 6) is 0.